The van der Waals surface area contributed by atoms with E-state index in [4.69, 9.17) is 0 Å². The minimum absolute atomic E-state index is 0.294. The molecule has 0 N–H and O–H groups in total. The van der Waals surface area contributed by atoms with Gasteiger partial charge in [-0.05, 0) is 116 Å². The molecule has 2 nitrogen and oxygen atoms in total. The summed E-state index contributed by atoms with van der Waals surface area (Å²) >= 11 is 0. The summed E-state index contributed by atoms with van der Waals surface area (Å²) in [5, 5.41) is 5.12. The van der Waals surface area contributed by atoms with Crippen molar-refractivity contribution in [1.29, 1.82) is 0 Å². The third kappa shape index (κ3) is 7.01. The number of fused-ring (bicyclic) bond motifs is 4. The largest absolute Gasteiger partial charge is 0.310 e. The third-order valence-corrected chi connectivity index (χ3v) is 13.3. The molecule has 0 amide bonds. The zero-order chi connectivity index (χ0) is 43.8. The van der Waals surface area contributed by atoms with Crippen molar-refractivity contribution in [2.45, 2.75) is 12.3 Å². The molecular weight excluding hydrogens is 797 g/mol. The highest BCUT2D eigenvalue weighted by Crippen LogP contribution is 2.46. The zero-order valence-corrected chi connectivity index (χ0v) is 36.5. The fourth-order valence-corrected chi connectivity index (χ4v) is 10.2. The van der Waals surface area contributed by atoms with Crippen molar-refractivity contribution in [3.05, 3.63) is 266 Å². The molecule has 0 saturated heterocycles. The van der Waals surface area contributed by atoms with Crippen LogP contribution in [-0.2, 0) is 0 Å². The molecule has 1 aliphatic carbocycles. The number of hydrogen-bond donors (Lipinski definition) is 0. The van der Waals surface area contributed by atoms with Crippen molar-refractivity contribution in [3.63, 3.8) is 0 Å². The fraction of sp³-hybridized carbons (Fsp3) is 0.0312. The van der Waals surface area contributed by atoms with E-state index in [0.717, 1.165) is 29.2 Å². The van der Waals surface area contributed by atoms with Gasteiger partial charge in [-0.2, -0.15) is 0 Å². The Labute approximate surface area is 386 Å². The fourth-order valence-electron chi connectivity index (χ4n) is 10.2. The molecule has 0 saturated carbocycles. The molecule has 312 valence electrons. The van der Waals surface area contributed by atoms with E-state index >= 15 is 0 Å². The van der Waals surface area contributed by atoms with E-state index in [1.54, 1.807) is 0 Å². The molecule has 1 atom stereocenters. The number of para-hydroxylation sites is 2. The average molecular weight is 843 g/mol. The molecule has 0 spiro atoms. The molecule has 12 rings (SSSR count). The molecule has 0 fully saturated rings. The predicted molar refractivity (Wildman–Crippen MR) is 280 cm³/mol. The van der Waals surface area contributed by atoms with Crippen molar-refractivity contribution in [3.8, 4) is 50.2 Å². The maximum atomic E-state index is 2.45. The van der Waals surface area contributed by atoms with Crippen LogP contribution in [0.3, 0.4) is 0 Å². The Kier molecular flexibility index (Phi) is 10.0. The van der Waals surface area contributed by atoms with E-state index in [9.17, 15) is 0 Å². The minimum Gasteiger partial charge on any atom is -0.310 e. The highest BCUT2D eigenvalue weighted by molar-refractivity contribution is 6.17. The van der Waals surface area contributed by atoms with Crippen molar-refractivity contribution < 1.29 is 0 Å². The number of benzene rings is 10. The molecule has 11 aromatic rings. The van der Waals surface area contributed by atoms with Crippen molar-refractivity contribution in [1.82, 2.24) is 4.57 Å². The van der Waals surface area contributed by atoms with Crippen LogP contribution in [0.4, 0.5) is 17.1 Å². The van der Waals surface area contributed by atoms with Gasteiger partial charge in [0.25, 0.3) is 0 Å². The molecule has 10 aromatic carbocycles. The van der Waals surface area contributed by atoms with Gasteiger partial charge in [-0.3, -0.25) is 0 Å². The van der Waals surface area contributed by atoms with Crippen molar-refractivity contribution in [2.75, 3.05) is 4.90 Å². The van der Waals surface area contributed by atoms with Gasteiger partial charge < -0.3 is 9.47 Å². The monoisotopic (exact) mass is 842 g/mol. The van der Waals surface area contributed by atoms with Crippen LogP contribution in [-0.4, -0.2) is 4.57 Å². The number of rotatable bonds is 9. The standard InChI is InChI=1S/C64H46N2/c1-4-18-48(19-5-1)57-29-12-13-33-60(57)65(53-42-40-46(41-43-53)45-36-38-50(39-37-45)56-30-15-23-47-22-10-11-28-55(47)56)54-27-14-24-51(44-54)59-32-17-35-62-64(59)63-58(49-20-6-2-7-21-49)31-16-34-61(63)66(62)52-25-8-3-9-26-52/h1-20,22-44,49H,21H2. The second kappa shape index (κ2) is 16.9. The summed E-state index contributed by atoms with van der Waals surface area (Å²) in [7, 11) is 0. The van der Waals surface area contributed by atoms with Crippen molar-refractivity contribution in [2.24, 2.45) is 0 Å². The second-order valence-corrected chi connectivity index (χ2v) is 17.2. The van der Waals surface area contributed by atoms with E-state index in [1.807, 2.05) is 0 Å². The maximum Gasteiger partial charge on any atom is 0.0547 e. The summed E-state index contributed by atoms with van der Waals surface area (Å²) in [5.41, 5.74) is 17.8. The highest BCUT2D eigenvalue weighted by Gasteiger charge is 2.23. The van der Waals surface area contributed by atoms with E-state index in [0.29, 0.717) is 5.92 Å². The van der Waals surface area contributed by atoms with Gasteiger partial charge >= 0.3 is 0 Å². The summed E-state index contributed by atoms with van der Waals surface area (Å²) in [6, 6.07) is 86.4. The van der Waals surface area contributed by atoms with Gasteiger partial charge in [0.15, 0.2) is 0 Å². The average Bonchev–Trinajstić information content (AvgIpc) is 3.75. The molecule has 1 aromatic heterocycles. The lowest BCUT2D eigenvalue weighted by molar-refractivity contribution is 0.862. The maximum absolute atomic E-state index is 2.45. The first-order chi connectivity index (χ1) is 32.8. The number of aromatic nitrogens is 1. The molecule has 0 bridgehead atoms. The van der Waals surface area contributed by atoms with Crippen LogP contribution >= 0.6 is 0 Å². The Bertz CT molecular complexity index is 3590. The molecule has 0 aliphatic heterocycles. The Hall–Kier alpha value is -8.46. The van der Waals surface area contributed by atoms with Crippen LogP contribution in [0.5, 0.6) is 0 Å². The van der Waals surface area contributed by atoms with Crippen LogP contribution in [0.15, 0.2) is 261 Å². The number of allylic oxidation sites excluding steroid dienone is 4. The summed E-state index contributed by atoms with van der Waals surface area (Å²) in [6.45, 7) is 0. The number of nitrogens with zero attached hydrogens (tertiary/aromatic N) is 2. The Balaban J connectivity index is 0.998. The van der Waals surface area contributed by atoms with Gasteiger partial charge in [-0.1, -0.05) is 206 Å². The second-order valence-electron chi connectivity index (χ2n) is 17.2. The Morgan fingerprint density at radius 3 is 1.79 bits per heavy atom. The van der Waals surface area contributed by atoms with E-state index < -0.39 is 0 Å². The number of hydrogen-bond acceptors (Lipinski definition) is 1. The van der Waals surface area contributed by atoms with Gasteiger partial charge in [-0.25, -0.2) is 0 Å². The van der Waals surface area contributed by atoms with Crippen LogP contribution in [0.25, 0.3) is 82.8 Å². The molecule has 1 unspecified atom stereocenters. The van der Waals surface area contributed by atoms with E-state index in [1.165, 1.54) is 82.6 Å². The first kappa shape index (κ1) is 39.2. The predicted octanol–water partition coefficient (Wildman–Crippen LogP) is 17.7. The lowest BCUT2D eigenvalue weighted by Crippen LogP contribution is -2.11. The van der Waals surface area contributed by atoms with Gasteiger partial charge in [0, 0.05) is 39.3 Å². The third-order valence-electron chi connectivity index (χ3n) is 13.3. The zero-order valence-electron chi connectivity index (χ0n) is 36.5. The smallest absolute Gasteiger partial charge is 0.0547 e. The molecule has 1 heterocycles. The lowest BCUT2D eigenvalue weighted by Gasteiger charge is -2.28. The van der Waals surface area contributed by atoms with Crippen LogP contribution in [0.1, 0.15) is 17.9 Å². The van der Waals surface area contributed by atoms with Crippen molar-refractivity contribution >= 4 is 49.6 Å². The lowest BCUT2D eigenvalue weighted by atomic mass is 9.88. The highest BCUT2D eigenvalue weighted by atomic mass is 15.1. The van der Waals surface area contributed by atoms with Crippen LogP contribution < -0.4 is 4.90 Å². The molecule has 1 aliphatic rings. The Morgan fingerprint density at radius 2 is 0.985 bits per heavy atom. The van der Waals surface area contributed by atoms with Crippen LogP contribution in [0, 0.1) is 0 Å². The topological polar surface area (TPSA) is 8.17 Å². The van der Waals surface area contributed by atoms with E-state index in [2.05, 4.69) is 270 Å². The van der Waals surface area contributed by atoms with Crippen LogP contribution in [0.2, 0.25) is 0 Å². The SMILES string of the molecule is C1=CCC(c2cccc3c2c2c(-c4cccc(N(c5ccc(-c6ccc(-c7cccc8ccccc78)cc6)cc5)c5ccccc5-c5ccccc5)c4)cccc2n3-c2ccccc2)C=C1. The minimum atomic E-state index is 0.294. The van der Waals surface area contributed by atoms with Gasteiger partial charge in [0.2, 0.25) is 0 Å². The van der Waals surface area contributed by atoms with Gasteiger partial charge in [0.05, 0.1) is 16.7 Å². The van der Waals surface area contributed by atoms with Gasteiger partial charge in [-0.15, -0.1) is 0 Å². The summed E-state index contributed by atoms with van der Waals surface area (Å²) in [4.78, 5) is 2.43. The summed E-state index contributed by atoms with van der Waals surface area (Å²) < 4.78 is 2.45. The molecule has 0 radical (unpaired) electrons. The molecule has 66 heavy (non-hydrogen) atoms. The normalized spacial score (nSPS) is 13.4. The number of anilines is 3. The first-order valence-electron chi connectivity index (χ1n) is 23.0. The molecular formula is C64H46N2. The van der Waals surface area contributed by atoms with Gasteiger partial charge in [0.1, 0.15) is 0 Å². The van der Waals surface area contributed by atoms with E-state index in [-0.39, 0.29) is 0 Å². The quantitative estimate of drug-likeness (QED) is 0.141. The summed E-state index contributed by atoms with van der Waals surface area (Å²) in [6.07, 6.45) is 10.0. The first-order valence-corrected chi connectivity index (χ1v) is 23.0. The molecule has 2 heteroatoms. The Morgan fingerprint density at radius 1 is 0.394 bits per heavy atom. The summed E-state index contributed by atoms with van der Waals surface area (Å²) in [5.74, 6) is 0.294.